The lowest BCUT2D eigenvalue weighted by Crippen LogP contribution is -2.41. The monoisotopic (exact) mass is 409 g/mol. The summed E-state index contributed by atoms with van der Waals surface area (Å²) in [6.07, 6.45) is 1.46. The standard InChI is InChI=1S/C21H16FN3O3S/c22-14-5-8-16(9-6-14)28-20-10-7-15(11-23-20)24-19(26)12-25-17-3-1-2-4-18(17)29-13-21(25)27/h1-11H,12-13H2,(H,24,26). The largest absolute Gasteiger partial charge is 0.439 e. The summed E-state index contributed by atoms with van der Waals surface area (Å²) in [6.45, 7) is -0.0791. The fourth-order valence-electron chi connectivity index (χ4n) is 2.81. The number of carbonyl (C=O) groups excluding carboxylic acids is 2. The third-order valence-corrected chi connectivity index (χ3v) is 5.21. The molecule has 0 bridgehead atoms. The summed E-state index contributed by atoms with van der Waals surface area (Å²) in [5.41, 5.74) is 1.22. The van der Waals surface area contributed by atoms with Crippen molar-refractivity contribution in [3.8, 4) is 11.6 Å². The van der Waals surface area contributed by atoms with Crippen LogP contribution in [0.3, 0.4) is 0 Å². The van der Waals surface area contributed by atoms with Gasteiger partial charge in [-0.25, -0.2) is 9.37 Å². The van der Waals surface area contributed by atoms with Gasteiger partial charge in [-0.3, -0.25) is 9.59 Å². The van der Waals surface area contributed by atoms with Crippen molar-refractivity contribution in [1.82, 2.24) is 4.98 Å². The van der Waals surface area contributed by atoms with Crippen LogP contribution in [0.25, 0.3) is 0 Å². The van der Waals surface area contributed by atoms with E-state index >= 15 is 0 Å². The van der Waals surface area contributed by atoms with Gasteiger partial charge in [-0.2, -0.15) is 0 Å². The Balaban J connectivity index is 1.39. The Hall–Kier alpha value is -3.39. The second kappa shape index (κ2) is 8.32. The van der Waals surface area contributed by atoms with Crippen LogP contribution in [0.5, 0.6) is 11.6 Å². The number of thioether (sulfide) groups is 1. The van der Waals surface area contributed by atoms with Crippen molar-refractivity contribution in [2.75, 3.05) is 22.5 Å². The maximum Gasteiger partial charge on any atom is 0.244 e. The molecule has 29 heavy (non-hydrogen) atoms. The van der Waals surface area contributed by atoms with Gasteiger partial charge in [0.1, 0.15) is 18.1 Å². The van der Waals surface area contributed by atoms with Crippen LogP contribution in [-0.2, 0) is 9.59 Å². The summed E-state index contributed by atoms with van der Waals surface area (Å²) in [4.78, 5) is 31.3. The van der Waals surface area contributed by atoms with E-state index in [0.717, 1.165) is 10.6 Å². The number of benzene rings is 2. The molecule has 0 spiro atoms. The zero-order valence-electron chi connectivity index (χ0n) is 15.2. The smallest absolute Gasteiger partial charge is 0.244 e. The summed E-state index contributed by atoms with van der Waals surface area (Å²) in [5.74, 6) is 0.291. The zero-order valence-corrected chi connectivity index (χ0v) is 16.0. The first kappa shape index (κ1) is 18.9. The summed E-state index contributed by atoms with van der Waals surface area (Å²) in [6, 6.07) is 16.3. The number of rotatable bonds is 5. The number of hydrogen-bond donors (Lipinski definition) is 1. The number of hydrogen-bond acceptors (Lipinski definition) is 5. The molecule has 0 atom stereocenters. The molecular formula is C21H16FN3O3S. The normalized spacial score (nSPS) is 13.0. The van der Waals surface area contributed by atoms with Gasteiger partial charge in [0.05, 0.1) is 23.3 Å². The highest BCUT2D eigenvalue weighted by Gasteiger charge is 2.26. The molecule has 2 aromatic carbocycles. The minimum Gasteiger partial charge on any atom is -0.439 e. The van der Waals surface area contributed by atoms with Gasteiger partial charge in [-0.15, -0.1) is 11.8 Å². The van der Waals surface area contributed by atoms with Crippen molar-refractivity contribution in [3.05, 3.63) is 72.7 Å². The lowest BCUT2D eigenvalue weighted by molar-refractivity contribution is -0.120. The Bertz CT molecular complexity index is 1040. The molecule has 2 heterocycles. The number of pyridine rings is 1. The van der Waals surface area contributed by atoms with E-state index in [1.165, 1.54) is 47.1 Å². The van der Waals surface area contributed by atoms with Crippen LogP contribution in [0.4, 0.5) is 15.8 Å². The lowest BCUT2D eigenvalue weighted by atomic mass is 10.2. The summed E-state index contributed by atoms with van der Waals surface area (Å²) < 4.78 is 18.5. The van der Waals surface area contributed by atoms with Gasteiger partial charge in [0, 0.05) is 11.0 Å². The average molecular weight is 409 g/mol. The number of aromatic nitrogens is 1. The molecule has 0 unspecified atom stereocenters. The van der Waals surface area contributed by atoms with Gasteiger partial charge >= 0.3 is 0 Å². The SMILES string of the molecule is O=C(CN1C(=O)CSc2ccccc21)Nc1ccc(Oc2ccc(F)cc2)nc1. The van der Waals surface area contributed by atoms with Gasteiger partial charge in [0.15, 0.2) is 0 Å². The van der Waals surface area contributed by atoms with Crippen molar-refractivity contribution in [1.29, 1.82) is 0 Å². The molecule has 0 saturated heterocycles. The second-order valence-electron chi connectivity index (χ2n) is 6.23. The van der Waals surface area contributed by atoms with Gasteiger partial charge in [-0.1, -0.05) is 12.1 Å². The first-order valence-corrected chi connectivity index (χ1v) is 9.78. The Morgan fingerprint density at radius 1 is 1.14 bits per heavy atom. The average Bonchev–Trinajstić information content (AvgIpc) is 2.73. The number of nitrogens with one attached hydrogen (secondary N) is 1. The highest BCUT2D eigenvalue weighted by atomic mass is 32.2. The molecule has 146 valence electrons. The van der Waals surface area contributed by atoms with E-state index in [1.807, 2.05) is 24.3 Å². The number of nitrogens with zero attached hydrogens (tertiary/aromatic N) is 2. The van der Waals surface area contributed by atoms with E-state index < -0.39 is 0 Å². The van der Waals surface area contributed by atoms with Crippen LogP contribution >= 0.6 is 11.8 Å². The van der Waals surface area contributed by atoms with Crippen molar-refractivity contribution < 1.29 is 18.7 Å². The van der Waals surface area contributed by atoms with Crippen LogP contribution in [0, 0.1) is 5.82 Å². The van der Waals surface area contributed by atoms with E-state index in [4.69, 9.17) is 4.74 Å². The molecule has 4 rings (SSSR count). The molecular weight excluding hydrogens is 393 g/mol. The molecule has 6 nitrogen and oxygen atoms in total. The second-order valence-corrected chi connectivity index (χ2v) is 7.24. The fourth-order valence-corrected chi connectivity index (χ4v) is 3.75. The molecule has 8 heteroatoms. The topological polar surface area (TPSA) is 71.5 Å². The Morgan fingerprint density at radius 2 is 1.93 bits per heavy atom. The highest BCUT2D eigenvalue weighted by molar-refractivity contribution is 8.00. The zero-order chi connectivity index (χ0) is 20.2. The van der Waals surface area contributed by atoms with E-state index in [0.29, 0.717) is 23.1 Å². The van der Waals surface area contributed by atoms with Gasteiger partial charge < -0.3 is 15.0 Å². The van der Waals surface area contributed by atoms with Crippen molar-refractivity contribution in [3.63, 3.8) is 0 Å². The number of ether oxygens (including phenoxy) is 1. The molecule has 2 amide bonds. The number of amides is 2. The van der Waals surface area contributed by atoms with Crippen LogP contribution in [-0.4, -0.2) is 29.1 Å². The molecule has 0 aliphatic carbocycles. The minimum atomic E-state index is -0.350. The van der Waals surface area contributed by atoms with E-state index in [1.54, 1.807) is 12.1 Å². The van der Waals surface area contributed by atoms with Gasteiger partial charge in [0.25, 0.3) is 0 Å². The first-order valence-electron chi connectivity index (χ1n) is 8.80. The number of para-hydroxylation sites is 1. The van der Waals surface area contributed by atoms with Gasteiger partial charge in [-0.05, 0) is 42.5 Å². The third-order valence-electron chi connectivity index (χ3n) is 4.17. The fraction of sp³-hybridized carbons (Fsp3) is 0.0952. The summed E-state index contributed by atoms with van der Waals surface area (Å²) in [5, 5.41) is 2.73. The molecule has 3 aromatic rings. The van der Waals surface area contributed by atoms with Gasteiger partial charge in [0.2, 0.25) is 17.7 Å². The number of carbonyl (C=O) groups is 2. The van der Waals surface area contributed by atoms with E-state index in [-0.39, 0.29) is 24.2 Å². The van der Waals surface area contributed by atoms with Crippen LogP contribution in [0.15, 0.2) is 71.8 Å². The van der Waals surface area contributed by atoms with Crippen molar-refractivity contribution in [2.24, 2.45) is 0 Å². The van der Waals surface area contributed by atoms with E-state index in [9.17, 15) is 14.0 Å². The van der Waals surface area contributed by atoms with Crippen LogP contribution in [0.2, 0.25) is 0 Å². The molecule has 1 aromatic heterocycles. The predicted octanol–water partition coefficient (Wildman–Crippen LogP) is 4.09. The first-order chi connectivity index (χ1) is 14.1. The van der Waals surface area contributed by atoms with Crippen LogP contribution < -0.4 is 15.0 Å². The molecule has 0 fully saturated rings. The Labute approximate surface area is 170 Å². The summed E-state index contributed by atoms with van der Waals surface area (Å²) in [7, 11) is 0. The Morgan fingerprint density at radius 3 is 2.69 bits per heavy atom. The minimum absolute atomic E-state index is 0.0791. The quantitative estimate of drug-likeness (QED) is 0.687. The summed E-state index contributed by atoms with van der Waals surface area (Å²) >= 11 is 1.47. The number of halogens is 1. The number of anilines is 2. The number of fused-ring (bicyclic) bond motifs is 1. The lowest BCUT2D eigenvalue weighted by Gasteiger charge is -2.28. The molecule has 1 aliphatic rings. The van der Waals surface area contributed by atoms with Crippen LogP contribution in [0.1, 0.15) is 0 Å². The Kier molecular flexibility index (Phi) is 5.44. The van der Waals surface area contributed by atoms with Crippen molar-refractivity contribution in [2.45, 2.75) is 4.90 Å². The maximum atomic E-state index is 12.9. The molecule has 1 N–H and O–H groups in total. The van der Waals surface area contributed by atoms with E-state index in [2.05, 4.69) is 10.3 Å². The molecule has 1 aliphatic heterocycles. The maximum absolute atomic E-state index is 12.9. The predicted molar refractivity (Wildman–Crippen MR) is 109 cm³/mol. The van der Waals surface area contributed by atoms with Crippen molar-refractivity contribution >= 4 is 35.0 Å². The molecule has 0 radical (unpaired) electrons. The third kappa shape index (κ3) is 4.55. The highest BCUT2D eigenvalue weighted by Crippen LogP contribution is 2.34. The molecule has 0 saturated carbocycles.